The van der Waals surface area contributed by atoms with Crippen molar-refractivity contribution in [2.75, 3.05) is 13.2 Å². The number of aromatic amines is 1. The first-order chi connectivity index (χ1) is 6.74. The molecule has 0 unspecified atom stereocenters. The average molecular weight is 199 g/mol. The maximum absolute atomic E-state index is 11.1. The smallest absolute Gasteiger partial charge is 0.325 e. The minimum Gasteiger partial charge on any atom is -0.465 e. The number of H-pyrrole nitrogens is 1. The Morgan fingerprint density at radius 2 is 2.36 bits per heavy atom. The Kier molecular flexibility index (Phi) is 3.53. The highest BCUT2D eigenvalue weighted by atomic mass is 16.5. The van der Waals surface area contributed by atoms with Gasteiger partial charge in [-0.15, -0.1) is 10.2 Å². The van der Waals surface area contributed by atoms with Gasteiger partial charge in [-0.25, -0.2) is 0 Å². The van der Waals surface area contributed by atoms with Gasteiger partial charge in [0.15, 0.2) is 0 Å². The van der Waals surface area contributed by atoms with E-state index in [1.54, 1.807) is 6.92 Å². The van der Waals surface area contributed by atoms with E-state index < -0.39 is 11.9 Å². The van der Waals surface area contributed by atoms with Crippen molar-refractivity contribution in [1.29, 1.82) is 0 Å². The molecule has 0 aromatic carbocycles. The third kappa shape index (κ3) is 2.81. The van der Waals surface area contributed by atoms with Crippen LogP contribution in [-0.2, 0) is 9.53 Å². The van der Waals surface area contributed by atoms with Gasteiger partial charge < -0.3 is 10.1 Å². The Morgan fingerprint density at radius 1 is 1.57 bits per heavy atom. The molecule has 0 saturated carbocycles. The normalized spacial score (nSPS) is 9.50. The number of aromatic nitrogens is 4. The van der Waals surface area contributed by atoms with Crippen molar-refractivity contribution in [3.63, 3.8) is 0 Å². The number of ether oxygens (including phenoxy) is 1. The zero-order valence-electron chi connectivity index (χ0n) is 7.48. The van der Waals surface area contributed by atoms with E-state index in [9.17, 15) is 9.59 Å². The van der Waals surface area contributed by atoms with E-state index in [1.807, 2.05) is 0 Å². The lowest BCUT2D eigenvalue weighted by atomic mass is 10.5. The van der Waals surface area contributed by atoms with Crippen molar-refractivity contribution < 1.29 is 14.3 Å². The number of carbonyl (C=O) groups excluding carboxylic acids is 2. The molecule has 1 aromatic heterocycles. The van der Waals surface area contributed by atoms with E-state index in [0.717, 1.165) is 0 Å². The number of esters is 1. The van der Waals surface area contributed by atoms with Gasteiger partial charge in [-0.1, -0.05) is 0 Å². The second kappa shape index (κ2) is 4.90. The molecule has 0 bridgehead atoms. The quantitative estimate of drug-likeness (QED) is 0.570. The van der Waals surface area contributed by atoms with E-state index in [4.69, 9.17) is 0 Å². The van der Waals surface area contributed by atoms with Crippen LogP contribution >= 0.6 is 0 Å². The summed E-state index contributed by atoms with van der Waals surface area (Å²) < 4.78 is 4.59. The topological polar surface area (TPSA) is 110 Å². The molecule has 1 rings (SSSR count). The van der Waals surface area contributed by atoms with E-state index in [0.29, 0.717) is 0 Å². The highest BCUT2D eigenvalue weighted by Crippen LogP contribution is 1.83. The van der Waals surface area contributed by atoms with Crippen molar-refractivity contribution >= 4 is 11.9 Å². The summed E-state index contributed by atoms with van der Waals surface area (Å²) in [5, 5.41) is 14.4. The summed E-state index contributed by atoms with van der Waals surface area (Å²) >= 11 is 0. The van der Waals surface area contributed by atoms with Crippen LogP contribution in [0.5, 0.6) is 0 Å². The van der Waals surface area contributed by atoms with Crippen LogP contribution in [0.15, 0.2) is 0 Å². The van der Waals surface area contributed by atoms with Crippen LogP contribution in [0.25, 0.3) is 0 Å². The lowest BCUT2D eigenvalue weighted by Gasteiger charge is -2.01. The molecule has 1 heterocycles. The third-order valence-corrected chi connectivity index (χ3v) is 1.25. The first kappa shape index (κ1) is 10.1. The Morgan fingerprint density at radius 3 is 2.93 bits per heavy atom. The van der Waals surface area contributed by atoms with Gasteiger partial charge in [0.25, 0.3) is 11.7 Å². The predicted octanol–water partition coefficient (Wildman–Crippen LogP) is -1.51. The van der Waals surface area contributed by atoms with E-state index in [2.05, 4.69) is 30.7 Å². The van der Waals surface area contributed by atoms with Crippen LogP contribution in [0.2, 0.25) is 0 Å². The number of carbonyl (C=O) groups is 2. The van der Waals surface area contributed by atoms with Gasteiger partial charge in [0.05, 0.1) is 6.61 Å². The molecule has 0 fully saturated rings. The first-order valence-corrected chi connectivity index (χ1v) is 3.91. The molecule has 0 spiro atoms. The number of nitrogens with zero attached hydrogens (tertiary/aromatic N) is 3. The van der Waals surface area contributed by atoms with E-state index >= 15 is 0 Å². The average Bonchev–Trinajstić information content (AvgIpc) is 2.67. The fraction of sp³-hybridized carbons (Fsp3) is 0.500. The fourth-order valence-electron chi connectivity index (χ4n) is 0.702. The summed E-state index contributed by atoms with van der Waals surface area (Å²) in [6.45, 7) is 1.75. The lowest BCUT2D eigenvalue weighted by Crippen LogP contribution is -2.31. The van der Waals surface area contributed by atoms with Crippen molar-refractivity contribution in [2.45, 2.75) is 6.92 Å². The number of hydrogen-bond acceptors (Lipinski definition) is 6. The van der Waals surface area contributed by atoms with Crippen LogP contribution < -0.4 is 5.32 Å². The molecule has 76 valence electrons. The molecule has 14 heavy (non-hydrogen) atoms. The summed E-state index contributed by atoms with van der Waals surface area (Å²) in [6.07, 6.45) is 0. The Bertz CT molecular complexity index is 309. The zero-order chi connectivity index (χ0) is 10.4. The monoisotopic (exact) mass is 199 g/mol. The standard InChI is InChI=1S/C6H9N5O3/c1-2-14-4(12)3-7-6(13)5-8-10-11-9-5/h2-3H2,1H3,(H,7,13)(H,8,9,10,11). The second-order valence-corrected chi connectivity index (χ2v) is 2.22. The van der Waals surface area contributed by atoms with Gasteiger partial charge in [0.2, 0.25) is 0 Å². The molecule has 0 aliphatic carbocycles. The van der Waals surface area contributed by atoms with Crippen LogP contribution in [0.1, 0.15) is 17.5 Å². The summed E-state index contributed by atoms with van der Waals surface area (Å²) in [5.74, 6) is -1.20. The summed E-state index contributed by atoms with van der Waals surface area (Å²) in [5.41, 5.74) is 0. The van der Waals surface area contributed by atoms with Crippen molar-refractivity contribution in [1.82, 2.24) is 25.9 Å². The molecule has 8 nitrogen and oxygen atoms in total. The van der Waals surface area contributed by atoms with E-state index in [1.165, 1.54) is 0 Å². The Labute approximate surface area is 79.0 Å². The molecule has 0 saturated heterocycles. The highest BCUT2D eigenvalue weighted by Gasteiger charge is 2.11. The molecular formula is C6H9N5O3. The Balaban J connectivity index is 2.32. The molecule has 0 atom stereocenters. The van der Waals surface area contributed by atoms with Gasteiger partial charge in [-0.05, 0) is 12.1 Å². The third-order valence-electron chi connectivity index (χ3n) is 1.25. The predicted molar refractivity (Wildman–Crippen MR) is 43.1 cm³/mol. The first-order valence-electron chi connectivity index (χ1n) is 3.91. The molecule has 2 N–H and O–H groups in total. The SMILES string of the molecule is CCOC(=O)CNC(=O)c1nn[nH]n1. The molecule has 1 amide bonds. The zero-order valence-corrected chi connectivity index (χ0v) is 7.48. The van der Waals surface area contributed by atoms with Gasteiger partial charge in [0.1, 0.15) is 6.54 Å². The number of tetrazole rings is 1. The minimum atomic E-state index is -0.577. The largest absolute Gasteiger partial charge is 0.465 e. The van der Waals surface area contributed by atoms with Gasteiger partial charge in [-0.3, -0.25) is 9.59 Å². The van der Waals surface area contributed by atoms with Crippen LogP contribution in [-0.4, -0.2) is 45.7 Å². The van der Waals surface area contributed by atoms with Crippen LogP contribution in [0.3, 0.4) is 0 Å². The molecular weight excluding hydrogens is 190 g/mol. The van der Waals surface area contributed by atoms with Gasteiger partial charge in [0, 0.05) is 0 Å². The highest BCUT2D eigenvalue weighted by molar-refractivity contribution is 5.92. The summed E-state index contributed by atoms with van der Waals surface area (Å²) in [4.78, 5) is 21.9. The van der Waals surface area contributed by atoms with Crippen LogP contribution in [0.4, 0.5) is 0 Å². The summed E-state index contributed by atoms with van der Waals surface area (Å²) in [7, 11) is 0. The fourth-order valence-corrected chi connectivity index (χ4v) is 0.702. The maximum Gasteiger partial charge on any atom is 0.325 e. The van der Waals surface area contributed by atoms with Crippen LogP contribution in [0, 0.1) is 0 Å². The second-order valence-electron chi connectivity index (χ2n) is 2.22. The van der Waals surface area contributed by atoms with Crippen molar-refractivity contribution in [3.8, 4) is 0 Å². The van der Waals surface area contributed by atoms with Crippen molar-refractivity contribution in [2.24, 2.45) is 0 Å². The number of hydrogen-bond donors (Lipinski definition) is 2. The molecule has 1 aromatic rings. The number of nitrogens with one attached hydrogen (secondary N) is 2. The minimum absolute atomic E-state index is 0.116. The Hall–Kier alpha value is -1.99. The van der Waals surface area contributed by atoms with Gasteiger partial charge in [-0.2, -0.15) is 5.21 Å². The van der Waals surface area contributed by atoms with E-state index in [-0.39, 0.29) is 19.0 Å². The summed E-state index contributed by atoms with van der Waals surface area (Å²) in [6, 6.07) is 0. The molecule has 0 aliphatic rings. The number of amides is 1. The number of rotatable bonds is 4. The maximum atomic E-state index is 11.1. The molecule has 0 aliphatic heterocycles. The lowest BCUT2D eigenvalue weighted by molar-refractivity contribution is -0.141. The molecule has 8 heteroatoms. The molecule has 0 radical (unpaired) electrons. The van der Waals surface area contributed by atoms with Gasteiger partial charge >= 0.3 is 5.97 Å². The van der Waals surface area contributed by atoms with Crippen molar-refractivity contribution in [3.05, 3.63) is 5.82 Å².